The van der Waals surface area contributed by atoms with Crippen LogP contribution in [0.25, 0.3) is 0 Å². The van der Waals surface area contributed by atoms with Crippen molar-refractivity contribution in [2.75, 3.05) is 0 Å². The van der Waals surface area contributed by atoms with E-state index in [2.05, 4.69) is 15.9 Å². The minimum atomic E-state index is -0.655. The molecule has 0 radical (unpaired) electrons. The monoisotopic (exact) mass is 300 g/mol. The molecule has 0 saturated carbocycles. The van der Waals surface area contributed by atoms with Crippen molar-refractivity contribution in [1.82, 2.24) is 0 Å². The maximum atomic E-state index is 13.7. The van der Waals surface area contributed by atoms with Crippen molar-refractivity contribution in [1.29, 1.82) is 0 Å². The van der Waals surface area contributed by atoms with Gasteiger partial charge in [0, 0.05) is 9.94 Å². The van der Waals surface area contributed by atoms with Crippen molar-refractivity contribution in [3.8, 4) is 0 Å². The van der Waals surface area contributed by atoms with Gasteiger partial charge in [0.1, 0.15) is 5.82 Å². The second-order valence-corrected chi connectivity index (χ2v) is 6.17. The zero-order valence-corrected chi connectivity index (χ0v) is 12.0. The number of rotatable bonds is 1. The van der Waals surface area contributed by atoms with E-state index in [0.717, 1.165) is 4.47 Å². The second kappa shape index (κ2) is 4.07. The lowest BCUT2D eigenvalue weighted by Crippen LogP contribution is -2.41. The first-order valence-corrected chi connectivity index (χ1v) is 6.33. The Morgan fingerprint density at radius 3 is 2.18 bits per heavy atom. The third-order valence-corrected chi connectivity index (χ3v) is 3.96. The van der Waals surface area contributed by atoms with Gasteiger partial charge in [0.2, 0.25) is 0 Å². The van der Waals surface area contributed by atoms with Gasteiger partial charge in [0.15, 0.2) is 0 Å². The summed E-state index contributed by atoms with van der Waals surface area (Å²) >= 11 is 3.32. The molecule has 1 fully saturated rings. The first-order valence-electron chi connectivity index (χ1n) is 5.53. The largest absolute Gasteiger partial charge is 0.497 e. The third-order valence-electron chi connectivity index (χ3n) is 3.47. The van der Waals surface area contributed by atoms with Gasteiger partial charge in [0.05, 0.1) is 11.2 Å². The summed E-state index contributed by atoms with van der Waals surface area (Å²) in [5.41, 5.74) is -0.475. The highest BCUT2D eigenvalue weighted by Crippen LogP contribution is 2.36. The molecule has 0 aromatic heterocycles. The molecule has 1 saturated heterocycles. The molecule has 92 valence electrons. The highest BCUT2D eigenvalue weighted by Gasteiger charge is 2.52. The van der Waals surface area contributed by atoms with E-state index in [0.29, 0.717) is 5.46 Å². The van der Waals surface area contributed by atoms with Crippen molar-refractivity contribution in [3.63, 3.8) is 0 Å². The Morgan fingerprint density at radius 2 is 1.65 bits per heavy atom. The molecular weight excluding hydrogens is 286 g/mol. The highest BCUT2D eigenvalue weighted by atomic mass is 79.9. The van der Waals surface area contributed by atoms with Crippen LogP contribution in [0.3, 0.4) is 0 Å². The summed E-state index contributed by atoms with van der Waals surface area (Å²) in [4.78, 5) is 0. The van der Waals surface area contributed by atoms with Gasteiger partial charge in [-0.05, 0) is 45.9 Å². The van der Waals surface area contributed by atoms with Gasteiger partial charge in [0.25, 0.3) is 0 Å². The van der Waals surface area contributed by atoms with Crippen LogP contribution in [0.1, 0.15) is 27.7 Å². The zero-order valence-electron chi connectivity index (χ0n) is 10.4. The second-order valence-electron chi connectivity index (χ2n) is 5.25. The Morgan fingerprint density at radius 1 is 1.12 bits per heavy atom. The Bertz CT molecular complexity index is 432. The molecule has 1 aliphatic heterocycles. The fourth-order valence-electron chi connectivity index (χ4n) is 1.67. The molecule has 0 spiro atoms. The summed E-state index contributed by atoms with van der Waals surface area (Å²) in [6.07, 6.45) is 0. The molecule has 1 aromatic rings. The van der Waals surface area contributed by atoms with Gasteiger partial charge in [-0.25, -0.2) is 4.39 Å². The van der Waals surface area contributed by atoms with Gasteiger partial charge in [-0.3, -0.25) is 0 Å². The summed E-state index contributed by atoms with van der Waals surface area (Å²) in [6, 6.07) is 4.76. The van der Waals surface area contributed by atoms with Gasteiger partial charge < -0.3 is 9.31 Å². The van der Waals surface area contributed by atoms with Crippen molar-refractivity contribution >= 4 is 28.5 Å². The maximum Gasteiger partial charge on any atom is 0.497 e. The highest BCUT2D eigenvalue weighted by molar-refractivity contribution is 9.10. The number of benzene rings is 1. The maximum absolute atomic E-state index is 13.7. The lowest BCUT2D eigenvalue weighted by molar-refractivity contribution is 0.00578. The molecule has 1 aliphatic rings. The molecule has 5 heteroatoms. The molecule has 1 aromatic carbocycles. The smallest absolute Gasteiger partial charge is 0.399 e. The first kappa shape index (κ1) is 13.1. The van der Waals surface area contributed by atoms with Crippen LogP contribution in [0.15, 0.2) is 22.7 Å². The van der Waals surface area contributed by atoms with E-state index in [4.69, 9.17) is 9.31 Å². The number of halogens is 2. The average molecular weight is 301 g/mol. The first-order chi connectivity index (χ1) is 7.73. The van der Waals surface area contributed by atoms with Crippen molar-refractivity contribution in [3.05, 3.63) is 28.5 Å². The fraction of sp³-hybridized carbons (Fsp3) is 0.500. The molecule has 0 amide bonds. The molecule has 0 atom stereocenters. The Kier molecular flexibility index (Phi) is 3.13. The van der Waals surface area contributed by atoms with Gasteiger partial charge in [-0.1, -0.05) is 15.9 Å². The van der Waals surface area contributed by atoms with E-state index in [-0.39, 0.29) is 5.82 Å². The predicted molar refractivity (Wildman–Crippen MR) is 69.8 cm³/mol. The quantitative estimate of drug-likeness (QED) is 0.743. The molecule has 17 heavy (non-hydrogen) atoms. The summed E-state index contributed by atoms with van der Waals surface area (Å²) in [7, 11) is -0.655. The Hall–Kier alpha value is -0.385. The van der Waals surface area contributed by atoms with E-state index < -0.39 is 18.3 Å². The van der Waals surface area contributed by atoms with Crippen LogP contribution in [0.2, 0.25) is 0 Å². The molecular formula is C12H15BBrFO2. The van der Waals surface area contributed by atoms with Gasteiger partial charge >= 0.3 is 7.12 Å². The molecule has 2 rings (SSSR count). The van der Waals surface area contributed by atoms with Crippen LogP contribution < -0.4 is 5.46 Å². The van der Waals surface area contributed by atoms with Crippen LogP contribution in [0.4, 0.5) is 4.39 Å². The van der Waals surface area contributed by atoms with Gasteiger partial charge in [-0.2, -0.15) is 0 Å². The third kappa shape index (κ3) is 2.28. The van der Waals surface area contributed by atoms with Crippen molar-refractivity contribution in [2.45, 2.75) is 38.9 Å². The number of hydrogen-bond acceptors (Lipinski definition) is 2. The van der Waals surface area contributed by atoms with Crippen LogP contribution in [0, 0.1) is 5.82 Å². The minimum Gasteiger partial charge on any atom is -0.399 e. The molecule has 0 unspecified atom stereocenters. The fourth-order valence-corrected chi connectivity index (χ4v) is 2.04. The normalized spacial score (nSPS) is 21.9. The molecule has 0 N–H and O–H groups in total. The SMILES string of the molecule is CC1(C)OB(c2cc(Br)ccc2F)OC1(C)C. The van der Waals surface area contributed by atoms with Crippen molar-refractivity contribution in [2.24, 2.45) is 0 Å². The molecule has 1 heterocycles. The predicted octanol–water partition coefficient (Wildman–Crippen LogP) is 2.89. The summed E-state index contributed by atoms with van der Waals surface area (Å²) < 4.78 is 26.2. The van der Waals surface area contributed by atoms with Crippen molar-refractivity contribution < 1.29 is 13.7 Å². The van der Waals surface area contributed by atoms with Crippen LogP contribution in [-0.2, 0) is 9.31 Å². The van der Waals surface area contributed by atoms with E-state index in [9.17, 15) is 4.39 Å². The molecule has 0 bridgehead atoms. The topological polar surface area (TPSA) is 18.5 Å². The summed E-state index contributed by atoms with van der Waals surface area (Å²) in [5.74, 6) is -0.313. The van der Waals surface area contributed by atoms with Crippen LogP contribution in [0.5, 0.6) is 0 Å². The average Bonchev–Trinajstić information content (AvgIpc) is 2.40. The van der Waals surface area contributed by atoms with Crippen LogP contribution >= 0.6 is 15.9 Å². The van der Waals surface area contributed by atoms with E-state index in [1.165, 1.54) is 6.07 Å². The van der Waals surface area contributed by atoms with E-state index in [1.807, 2.05) is 27.7 Å². The van der Waals surface area contributed by atoms with E-state index >= 15 is 0 Å². The van der Waals surface area contributed by atoms with Gasteiger partial charge in [-0.15, -0.1) is 0 Å². The Balaban J connectivity index is 2.35. The lowest BCUT2D eigenvalue weighted by atomic mass is 9.79. The molecule has 0 aliphatic carbocycles. The van der Waals surface area contributed by atoms with E-state index in [1.54, 1.807) is 12.1 Å². The number of hydrogen-bond donors (Lipinski definition) is 0. The standard InChI is InChI=1S/C12H15BBrFO2/c1-11(2)12(3,4)17-13(16-11)9-7-8(14)5-6-10(9)15/h5-7H,1-4H3. The Labute approximate surface area is 110 Å². The minimum absolute atomic E-state index is 0.313. The molecule has 2 nitrogen and oxygen atoms in total. The van der Waals surface area contributed by atoms with Crippen LogP contribution in [-0.4, -0.2) is 18.3 Å². The summed E-state index contributed by atoms with van der Waals surface area (Å²) in [6.45, 7) is 7.79. The zero-order chi connectivity index (χ0) is 12.8. The summed E-state index contributed by atoms with van der Waals surface area (Å²) in [5, 5.41) is 0. The lowest BCUT2D eigenvalue weighted by Gasteiger charge is -2.32.